The molecule has 2 rings (SSSR count). The number of aromatic amines is 1. The molecule has 4 nitrogen and oxygen atoms in total. The van der Waals surface area contributed by atoms with E-state index in [1.807, 2.05) is 0 Å². The number of aromatic hydroxyl groups is 1. The molecule has 114 valence electrons. The van der Waals surface area contributed by atoms with Crippen molar-refractivity contribution in [3.63, 3.8) is 0 Å². The predicted molar refractivity (Wildman–Crippen MR) is 70.7 cm³/mol. The second-order valence-electron chi connectivity index (χ2n) is 4.35. The van der Waals surface area contributed by atoms with Crippen LogP contribution in [-0.4, -0.2) is 22.7 Å². The quantitative estimate of drug-likeness (QED) is 0.821. The number of hydrogen-bond donors (Lipinski definition) is 2. The van der Waals surface area contributed by atoms with Crippen molar-refractivity contribution < 1.29 is 27.8 Å². The summed E-state index contributed by atoms with van der Waals surface area (Å²) in [6.07, 6.45) is -4.84. The fourth-order valence-corrected chi connectivity index (χ4v) is 2.44. The number of benzene rings is 1. The summed E-state index contributed by atoms with van der Waals surface area (Å²) < 4.78 is 44.3. The first-order valence-electron chi connectivity index (χ1n) is 5.96. The third-order valence-corrected chi connectivity index (χ3v) is 3.26. The average Bonchev–Trinajstić information content (AvgIpc) is 2.65. The molecule has 1 heterocycles. The zero-order valence-electron chi connectivity index (χ0n) is 11.1. The van der Waals surface area contributed by atoms with Gasteiger partial charge < -0.3 is 14.8 Å². The van der Waals surface area contributed by atoms with Gasteiger partial charge in [-0.1, -0.05) is 11.6 Å². The van der Waals surface area contributed by atoms with Gasteiger partial charge in [0.1, 0.15) is 11.3 Å². The molecular formula is C13H11ClF3NO3. The van der Waals surface area contributed by atoms with E-state index in [1.165, 1.54) is 13.8 Å². The lowest BCUT2D eigenvalue weighted by Crippen LogP contribution is -2.10. The summed E-state index contributed by atoms with van der Waals surface area (Å²) in [5, 5.41) is 9.00. The zero-order chi connectivity index (χ0) is 15.9. The van der Waals surface area contributed by atoms with E-state index in [0.29, 0.717) is 0 Å². The van der Waals surface area contributed by atoms with E-state index in [0.717, 1.165) is 6.07 Å². The molecule has 0 atom stereocenters. The Morgan fingerprint density at radius 3 is 2.62 bits per heavy atom. The van der Waals surface area contributed by atoms with Crippen LogP contribution < -0.4 is 0 Å². The highest BCUT2D eigenvalue weighted by Crippen LogP contribution is 2.45. The van der Waals surface area contributed by atoms with Gasteiger partial charge in [0.05, 0.1) is 22.7 Å². The lowest BCUT2D eigenvalue weighted by Gasteiger charge is -2.12. The standard InChI is InChI=1S/C13H11ClF3NO3/c1-3-21-12(20)8-5(2)18-11-6(14)4-7(19)10(9(8)11)13(15,16)17/h4,18-19H,3H2,1-2H3. The van der Waals surface area contributed by atoms with E-state index in [9.17, 15) is 23.1 Å². The number of carbonyl (C=O) groups excluding carboxylic acids is 1. The summed E-state index contributed by atoms with van der Waals surface area (Å²) in [6.45, 7) is 2.98. The number of carbonyl (C=O) groups is 1. The highest BCUT2D eigenvalue weighted by molar-refractivity contribution is 6.36. The molecule has 1 aromatic carbocycles. The number of H-pyrrole nitrogens is 1. The number of halogens is 4. The third-order valence-electron chi connectivity index (χ3n) is 2.96. The summed E-state index contributed by atoms with van der Waals surface area (Å²) in [6, 6.07) is 0.789. The van der Waals surface area contributed by atoms with E-state index in [4.69, 9.17) is 16.3 Å². The third kappa shape index (κ3) is 2.53. The van der Waals surface area contributed by atoms with E-state index in [2.05, 4.69) is 4.98 Å². The summed E-state index contributed by atoms with van der Waals surface area (Å²) in [7, 11) is 0. The van der Waals surface area contributed by atoms with Gasteiger partial charge >= 0.3 is 12.1 Å². The van der Waals surface area contributed by atoms with Crippen LogP contribution in [0, 0.1) is 6.92 Å². The molecule has 0 aliphatic heterocycles. The minimum absolute atomic E-state index is 0.0127. The maximum Gasteiger partial charge on any atom is 0.420 e. The van der Waals surface area contributed by atoms with Gasteiger partial charge in [0.25, 0.3) is 0 Å². The molecule has 0 fully saturated rings. The van der Waals surface area contributed by atoms with Crippen LogP contribution in [0.4, 0.5) is 13.2 Å². The Hall–Kier alpha value is -1.89. The number of phenols is 1. The first kappa shape index (κ1) is 15.5. The molecule has 0 amide bonds. The molecule has 2 N–H and O–H groups in total. The summed E-state index contributed by atoms with van der Waals surface area (Å²) in [4.78, 5) is 14.5. The first-order valence-corrected chi connectivity index (χ1v) is 6.34. The fourth-order valence-electron chi connectivity index (χ4n) is 2.19. The van der Waals surface area contributed by atoms with Crippen LogP contribution in [0.15, 0.2) is 6.07 Å². The van der Waals surface area contributed by atoms with Crippen molar-refractivity contribution >= 4 is 28.5 Å². The van der Waals surface area contributed by atoms with E-state index >= 15 is 0 Å². The first-order chi connectivity index (χ1) is 9.68. The number of phenolic OH excluding ortho intramolecular Hbond substituents is 1. The number of ether oxygens (including phenoxy) is 1. The second kappa shape index (κ2) is 5.14. The number of esters is 1. The Labute approximate surface area is 122 Å². The molecule has 0 saturated heterocycles. The number of hydrogen-bond acceptors (Lipinski definition) is 3. The minimum Gasteiger partial charge on any atom is -0.507 e. The van der Waals surface area contributed by atoms with Gasteiger partial charge in [0, 0.05) is 17.1 Å². The molecule has 2 aromatic rings. The number of fused-ring (bicyclic) bond motifs is 1. The average molecular weight is 322 g/mol. The van der Waals surface area contributed by atoms with E-state index in [-0.39, 0.29) is 28.4 Å². The smallest absolute Gasteiger partial charge is 0.420 e. The number of aryl methyl sites for hydroxylation is 1. The fraction of sp³-hybridized carbons (Fsp3) is 0.308. The Morgan fingerprint density at radius 2 is 2.10 bits per heavy atom. The molecule has 0 radical (unpaired) electrons. The Bertz CT molecular complexity index is 722. The van der Waals surface area contributed by atoms with E-state index in [1.54, 1.807) is 0 Å². The largest absolute Gasteiger partial charge is 0.507 e. The maximum atomic E-state index is 13.2. The van der Waals surface area contributed by atoms with Crippen LogP contribution in [0.3, 0.4) is 0 Å². The van der Waals surface area contributed by atoms with Gasteiger partial charge in [-0.3, -0.25) is 0 Å². The molecular weight excluding hydrogens is 311 g/mol. The summed E-state index contributed by atoms with van der Waals surface area (Å²) in [5.41, 5.74) is -1.48. The van der Waals surface area contributed by atoms with Crippen LogP contribution in [0.5, 0.6) is 5.75 Å². The van der Waals surface area contributed by atoms with Crippen molar-refractivity contribution in [1.29, 1.82) is 0 Å². The van der Waals surface area contributed by atoms with Gasteiger partial charge in [-0.05, 0) is 13.8 Å². The number of alkyl halides is 3. The molecule has 0 saturated carbocycles. The van der Waals surface area contributed by atoms with Crippen molar-refractivity contribution in [2.45, 2.75) is 20.0 Å². The van der Waals surface area contributed by atoms with Crippen LogP contribution >= 0.6 is 11.6 Å². The molecule has 0 aliphatic carbocycles. The number of rotatable bonds is 2. The lowest BCUT2D eigenvalue weighted by atomic mass is 10.0. The summed E-state index contributed by atoms with van der Waals surface area (Å²) in [5.74, 6) is -1.95. The predicted octanol–water partition coefficient (Wildman–Crippen LogP) is 4.03. The van der Waals surface area contributed by atoms with Crippen LogP contribution in [0.25, 0.3) is 10.9 Å². The highest BCUT2D eigenvalue weighted by atomic mass is 35.5. The zero-order valence-corrected chi connectivity index (χ0v) is 11.8. The van der Waals surface area contributed by atoms with Gasteiger partial charge in [0.15, 0.2) is 0 Å². The van der Waals surface area contributed by atoms with Gasteiger partial charge in [0.2, 0.25) is 0 Å². The second-order valence-corrected chi connectivity index (χ2v) is 4.75. The van der Waals surface area contributed by atoms with Crippen molar-refractivity contribution in [3.8, 4) is 5.75 Å². The Morgan fingerprint density at radius 1 is 1.48 bits per heavy atom. The number of nitrogens with one attached hydrogen (secondary N) is 1. The van der Waals surface area contributed by atoms with Gasteiger partial charge in [-0.25, -0.2) is 4.79 Å². The normalized spacial score (nSPS) is 11.9. The molecule has 1 aromatic heterocycles. The summed E-state index contributed by atoms with van der Waals surface area (Å²) >= 11 is 5.84. The monoisotopic (exact) mass is 321 g/mol. The molecule has 21 heavy (non-hydrogen) atoms. The molecule has 0 bridgehead atoms. The molecule has 8 heteroatoms. The Balaban J connectivity index is 2.93. The van der Waals surface area contributed by atoms with Crippen LogP contribution in [-0.2, 0) is 10.9 Å². The maximum absolute atomic E-state index is 13.2. The lowest BCUT2D eigenvalue weighted by molar-refractivity contribution is -0.137. The topological polar surface area (TPSA) is 62.3 Å². The number of aromatic nitrogens is 1. The molecule has 0 spiro atoms. The Kier molecular flexibility index (Phi) is 3.79. The molecule has 0 aliphatic rings. The molecule has 0 unspecified atom stereocenters. The highest BCUT2D eigenvalue weighted by Gasteiger charge is 2.39. The van der Waals surface area contributed by atoms with Gasteiger partial charge in [-0.2, -0.15) is 13.2 Å². The van der Waals surface area contributed by atoms with E-state index < -0.39 is 28.8 Å². The SMILES string of the molecule is CCOC(=O)c1c(C)[nH]c2c(Cl)cc(O)c(C(F)(F)F)c12. The van der Waals surface area contributed by atoms with Crippen molar-refractivity contribution in [3.05, 3.63) is 27.9 Å². The van der Waals surface area contributed by atoms with Crippen LogP contribution in [0.2, 0.25) is 5.02 Å². The van der Waals surface area contributed by atoms with Crippen molar-refractivity contribution in [1.82, 2.24) is 4.98 Å². The van der Waals surface area contributed by atoms with Gasteiger partial charge in [-0.15, -0.1) is 0 Å². The van der Waals surface area contributed by atoms with Crippen LogP contribution in [0.1, 0.15) is 28.5 Å². The van der Waals surface area contributed by atoms with Crippen molar-refractivity contribution in [2.24, 2.45) is 0 Å². The minimum atomic E-state index is -4.84. The van der Waals surface area contributed by atoms with Crippen molar-refractivity contribution in [2.75, 3.05) is 6.61 Å².